The first-order valence-corrected chi connectivity index (χ1v) is 10.3. The molecule has 0 bridgehead atoms. The number of fused-ring (bicyclic) bond motifs is 1. The average molecular weight is 422 g/mol. The lowest BCUT2D eigenvalue weighted by Gasteiger charge is -2.28. The van der Waals surface area contributed by atoms with Crippen LogP contribution in [-0.2, 0) is 9.53 Å². The number of halogens is 2. The monoisotopic (exact) mass is 421 g/mol. The highest BCUT2D eigenvalue weighted by atomic mass is 35.5. The van der Waals surface area contributed by atoms with Gasteiger partial charge in [-0.25, -0.2) is 9.18 Å². The van der Waals surface area contributed by atoms with Gasteiger partial charge in [-0.2, -0.15) is 4.68 Å². The zero-order valence-electron chi connectivity index (χ0n) is 16.6. The maximum Gasteiger partial charge on any atom is 0.338 e. The Bertz CT molecular complexity index is 878. The molecule has 2 aromatic rings. The summed E-state index contributed by atoms with van der Waals surface area (Å²) in [4.78, 5) is 12.9. The van der Waals surface area contributed by atoms with E-state index in [1.165, 1.54) is 36.1 Å². The minimum Gasteiger partial charge on any atom is -0.462 e. The minimum atomic E-state index is -0.910. The second-order valence-corrected chi connectivity index (χ2v) is 7.46. The number of ether oxygens (including phenoxy) is 1. The van der Waals surface area contributed by atoms with Gasteiger partial charge in [0.2, 0.25) is 5.95 Å². The number of esters is 1. The zero-order chi connectivity index (χ0) is 20.8. The summed E-state index contributed by atoms with van der Waals surface area (Å²) < 4.78 is 21.5. The van der Waals surface area contributed by atoms with Crippen LogP contribution in [0.5, 0.6) is 0 Å². The van der Waals surface area contributed by atoms with Gasteiger partial charge in [-0.3, -0.25) is 0 Å². The highest BCUT2D eigenvalue weighted by Gasteiger charge is 2.37. The van der Waals surface area contributed by atoms with Gasteiger partial charge in [0.1, 0.15) is 11.9 Å². The van der Waals surface area contributed by atoms with Crippen LogP contribution in [0.4, 0.5) is 10.3 Å². The molecule has 29 heavy (non-hydrogen) atoms. The molecule has 0 radical (unpaired) electrons. The number of carbonyl (C=O) groups is 1. The van der Waals surface area contributed by atoms with Gasteiger partial charge < -0.3 is 10.1 Å². The van der Waals surface area contributed by atoms with Crippen molar-refractivity contribution in [1.29, 1.82) is 0 Å². The van der Waals surface area contributed by atoms with Gasteiger partial charge in [0.05, 0.1) is 12.2 Å². The van der Waals surface area contributed by atoms with Crippen molar-refractivity contribution in [2.24, 2.45) is 0 Å². The number of tetrazole rings is 1. The van der Waals surface area contributed by atoms with Crippen LogP contribution in [0.25, 0.3) is 0 Å². The van der Waals surface area contributed by atoms with Gasteiger partial charge >= 0.3 is 5.97 Å². The predicted octanol–water partition coefficient (Wildman–Crippen LogP) is 4.66. The molecule has 1 unspecified atom stereocenters. The zero-order valence-corrected chi connectivity index (χ0v) is 17.4. The van der Waals surface area contributed by atoms with Gasteiger partial charge in [0, 0.05) is 16.3 Å². The highest BCUT2D eigenvalue weighted by Crippen LogP contribution is 2.39. The van der Waals surface area contributed by atoms with Crippen molar-refractivity contribution in [3.63, 3.8) is 0 Å². The normalized spacial score (nSPS) is 15.8. The summed E-state index contributed by atoms with van der Waals surface area (Å²) >= 11 is 6.28. The van der Waals surface area contributed by atoms with Gasteiger partial charge in [0.15, 0.2) is 0 Å². The molecule has 2 heterocycles. The molecular formula is C20H25ClFN5O2. The second-order valence-electron chi connectivity index (χ2n) is 7.05. The van der Waals surface area contributed by atoms with Crippen LogP contribution in [-0.4, -0.2) is 32.8 Å². The number of hydrogen-bond acceptors (Lipinski definition) is 6. The van der Waals surface area contributed by atoms with E-state index in [1.807, 2.05) is 0 Å². The number of hydrogen-bond donors (Lipinski definition) is 1. The number of nitrogens with one attached hydrogen (secondary N) is 1. The molecule has 1 aliphatic heterocycles. The first kappa shape index (κ1) is 21.2. The van der Waals surface area contributed by atoms with Gasteiger partial charge in [-0.1, -0.05) is 61.8 Å². The number of aromatic nitrogens is 4. The molecule has 1 aromatic heterocycles. The molecule has 1 atom stereocenters. The summed E-state index contributed by atoms with van der Waals surface area (Å²) in [5.74, 6) is -0.770. The molecule has 1 N–H and O–H groups in total. The number of unbranched alkanes of at least 4 members (excludes halogenated alkanes) is 5. The van der Waals surface area contributed by atoms with Crippen LogP contribution in [0.2, 0.25) is 5.02 Å². The third-order valence-electron chi connectivity index (χ3n) is 4.94. The molecule has 0 saturated carbocycles. The van der Waals surface area contributed by atoms with Crippen LogP contribution >= 0.6 is 11.6 Å². The number of carbonyl (C=O) groups excluding carboxylic acids is 1. The topological polar surface area (TPSA) is 81.9 Å². The molecule has 7 nitrogen and oxygen atoms in total. The SMILES string of the molecule is CCCCCCCCOC(=O)C1=C(C)Nc2nnnn2C1c1c(F)cccc1Cl. The molecular weight excluding hydrogens is 397 g/mol. The van der Waals surface area contributed by atoms with E-state index in [-0.39, 0.29) is 16.2 Å². The van der Waals surface area contributed by atoms with E-state index in [4.69, 9.17) is 16.3 Å². The summed E-state index contributed by atoms with van der Waals surface area (Å²) in [6.07, 6.45) is 6.51. The Balaban J connectivity index is 1.79. The Morgan fingerprint density at radius 2 is 2.03 bits per heavy atom. The number of anilines is 1. The van der Waals surface area contributed by atoms with E-state index in [1.54, 1.807) is 13.0 Å². The van der Waals surface area contributed by atoms with Crippen LogP contribution in [0.15, 0.2) is 29.5 Å². The summed E-state index contributed by atoms with van der Waals surface area (Å²) in [5.41, 5.74) is 0.877. The molecule has 0 spiro atoms. The van der Waals surface area contributed by atoms with E-state index in [0.717, 1.165) is 19.3 Å². The van der Waals surface area contributed by atoms with Crippen LogP contribution < -0.4 is 5.32 Å². The molecule has 1 aliphatic rings. The highest BCUT2D eigenvalue weighted by molar-refractivity contribution is 6.31. The van der Waals surface area contributed by atoms with Crippen LogP contribution in [0.3, 0.4) is 0 Å². The Morgan fingerprint density at radius 1 is 1.28 bits per heavy atom. The van der Waals surface area contributed by atoms with Gasteiger partial charge in [-0.15, -0.1) is 0 Å². The average Bonchev–Trinajstić information content (AvgIpc) is 3.15. The van der Waals surface area contributed by atoms with Crippen molar-refractivity contribution in [2.75, 3.05) is 11.9 Å². The third-order valence-corrected chi connectivity index (χ3v) is 5.27. The fourth-order valence-corrected chi connectivity index (χ4v) is 3.71. The van der Waals surface area contributed by atoms with Crippen molar-refractivity contribution in [3.05, 3.63) is 45.9 Å². The number of benzene rings is 1. The third kappa shape index (κ3) is 4.75. The van der Waals surface area contributed by atoms with E-state index >= 15 is 0 Å². The van der Waals surface area contributed by atoms with E-state index in [9.17, 15) is 9.18 Å². The van der Waals surface area contributed by atoms with E-state index in [0.29, 0.717) is 18.3 Å². The lowest BCUT2D eigenvalue weighted by atomic mass is 9.95. The van der Waals surface area contributed by atoms with Crippen LogP contribution in [0.1, 0.15) is 64.0 Å². The molecule has 0 amide bonds. The van der Waals surface area contributed by atoms with Gasteiger partial charge in [-0.05, 0) is 35.9 Å². The maximum absolute atomic E-state index is 14.7. The minimum absolute atomic E-state index is 0.134. The Morgan fingerprint density at radius 3 is 2.79 bits per heavy atom. The van der Waals surface area contributed by atoms with E-state index in [2.05, 4.69) is 27.8 Å². The summed E-state index contributed by atoms with van der Waals surface area (Å²) in [5, 5.41) is 14.6. The predicted molar refractivity (Wildman–Crippen MR) is 108 cm³/mol. The Hall–Kier alpha value is -2.48. The van der Waals surface area contributed by atoms with Gasteiger partial charge in [0.25, 0.3) is 0 Å². The lowest BCUT2D eigenvalue weighted by Crippen LogP contribution is -2.30. The summed E-state index contributed by atoms with van der Waals surface area (Å²) in [6, 6.07) is 3.46. The van der Waals surface area contributed by atoms with Crippen molar-refractivity contribution in [2.45, 2.75) is 58.4 Å². The van der Waals surface area contributed by atoms with Crippen molar-refractivity contribution in [1.82, 2.24) is 20.2 Å². The molecule has 156 valence electrons. The molecule has 0 aliphatic carbocycles. The molecule has 0 saturated heterocycles. The fourth-order valence-electron chi connectivity index (χ4n) is 3.44. The summed E-state index contributed by atoms with van der Waals surface area (Å²) in [7, 11) is 0. The fraction of sp³-hybridized carbons (Fsp3) is 0.500. The Labute approximate surface area is 174 Å². The smallest absolute Gasteiger partial charge is 0.338 e. The second kappa shape index (κ2) is 9.82. The number of rotatable bonds is 9. The summed E-state index contributed by atoms with van der Waals surface area (Å²) in [6.45, 7) is 4.19. The van der Waals surface area contributed by atoms with E-state index < -0.39 is 17.8 Å². The van der Waals surface area contributed by atoms with Crippen molar-refractivity contribution >= 4 is 23.5 Å². The molecule has 3 rings (SSSR count). The first-order chi connectivity index (χ1) is 14.0. The Kier molecular flexibility index (Phi) is 7.19. The van der Waals surface area contributed by atoms with Crippen molar-refractivity contribution in [3.8, 4) is 0 Å². The standard InChI is InChI=1S/C20H25ClFN5O2/c1-3-4-5-6-7-8-12-29-19(28)16-13(2)23-20-24-25-26-27(20)18(16)17-14(21)10-9-11-15(17)22/h9-11,18H,3-8,12H2,1-2H3,(H,23,24,26). The molecule has 9 heteroatoms. The molecule has 0 fully saturated rings. The number of nitrogens with zero attached hydrogens (tertiary/aromatic N) is 4. The first-order valence-electron chi connectivity index (χ1n) is 9.91. The number of allylic oxidation sites excluding steroid dienone is 1. The quantitative estimate of drug-likeness (QED) is 0.468. The largest absolute Gasteiger partial charge is 0.462 e. The lowest BCUT2D eigenvalue weighted by molar-refractivity contribution is -0.139. The van der Waals surface area contributed by atoms with Crippen LogP contribution in [0, 0.1) is 5.82 Å². The maximum atomic E-state index is 14.7. The van der Waals surface area contributed by atoms with Crippen molar-refractivity contribution < 1.29 is 13.9 Å². The molecule has 1 aromatic carbocycles.